The molecule has 0 aliphatic heterocycles. The second kappa shape index (κ2) is 4.37. The number of aryl methyl sites for hydroxylation is 1. The van der Waals surface area contributed by atoms with Crippen LogP contribution in [0.1, 0.15) is 26.3 Å². The Balaban J connectivity index is 2.25. The summed E-state index contributed by atoms with van der Waals surface area (Å²) in [5, 5.41) is 3.76. The van der Waals surface area contributed by atoms with E-state index >= 15 is 0 Å². The minimum absolute atomic E-state index is 0.436. The number of hydrogen-bond acceptors (Lipinski definition) is 2. The summed E-state index contributed by atoms with van der Waals surface area (Å²) in [4.78, 5) is 14.9. The molecule has 1 heterocycles. The van der Waals surface area contributed by atoms with Crippen LogP contribution in [0.3, 0.4) is 0 Å². The maximum absolute atomic E-state index is 11.7. The van der Waals surface area contributed by atoms with Gasteiger partial charge in [0.1, 0.15) is 5.60 Å². The highest BCUT2D eigenvalue weighted by atomic mass is 16.6. The van der Waals surface area contributed by atoms with Crippen LogP contribution in [0.5, 0.6) is 0 Å². The van der Waals surface area contributed by atoms with E-state index in [9.17, 15) is 4.79 Å². The van der Waals surface area contributed by atoms with E-state index in [1.807, 2.05) is 52.1 Å². The molecule has 0 bridgehead atoms. The van der Waals surface area contributed by atoms with Gasteiger partial charge in [0.2, 0.25) is 0 Å². The van der Waals surface area contributed by atoms with Gasteiger partial charge in [0.25, 0.3) is 0 Å². The van der Waals surface area contributed by atoms with E-state index in [-0.39, 0.29) is 0 Å². The van der Waals surface area contributed by atoms with E-state index in [0.717, 1.165) is 22.2 Å². The molecule has 0 fully saturated rings. The zero-order valence-electron chi connectivity index (χ0n) is 11.1. The van der Waals surface area contributed by atoms with E-state index in [4.69, 9.17) is 4.74 Å². The predicted molar refractivity (Wildman–Crippen MR) is 72.9 cm³/mol. The molecule has 4 heteroatoms. The molecule has 2 N–H and O–H groups in total. The van der Waals surface area contributed by atoms with Crippen molar-refractivity contribution in [2.45, 2.75) is 33.3 Å². The lowest BCUT2D eigenvalue weighted by molar-refractivity contribution is 0.0636. The van der Waals surface area contributed by atoms with E-state index < -0.39 is 11.7 Å². The maximum Gasteiger partial charge on any atom is 0.412 e. The summed E-state index contributed by atoms with van der Waals surface area (Å²) in [6.45, 7) is 7.55. The number of benzene rings is 1. The van der Waals surface area contributed by atoms with Crippen LogP contribution in [0.4, 0.5) is 10.5 Å². The second-order valence-corrected chi connectivity index (χ2v) is 5.32. The zero-order valence-corrected chi connectivity index (χ0v) is 11.1. The Morgan fingerprint density at radius 2 is 2.00 bits per heavy atom. The minimum Gasteiger partial charge on any atom is -0.444 e. The lowest BCUT2D eigenvalue weighted by Crippen LogP contribution is -2.27. The Labute approximate surface area is 106 Å². The van der Waals surface area contributed by atoms with Gasteiger partial charge in [-0.3, -0.25) is 5.32 Å². The van der Waals surface area contributed by atoms with Crippen molar-refractivity contribution < 1.29 is 9.53 Å². The van der Waals surface area contributed by atoms with Crippen LogP contribution in [0, 0.1) is 6.92 Å². The monoisotopic (exact) mass is 246 g/mol. The van der Waals surface area contributed by atoms with Crippen molar-refractivity contribution in [2.24, 2.45) is 0 Å². The molecule has 0 radical (unpaired) electrons. The van der Waals surface area contributed by atoms with Crippen LogP contribution in [-0.4, -0.2) is 16.7 Å². The van der Waals surface area contributed by atoms with Crippen molar-refractivity contribution in [3.05, 3.63) is 30.0 Å². The zero-order chi connectivity index (χ0) is 13.3. The van der Waals surface area contributed by atoms with Crippen LogP contribution in [0.25, 0.3) is 10.9 Å². The molecule has 0 unspecified atom stereocenters. The van der Waals surface area contributed by atoms with Crippen molar-refractivity contribution in [3.63, 3.8) is 0 Å². The molecule has 4 nitrogen and oxygen atoms in total. The largest absolute Gasteiger partial charge is 0.444 e. The number of nitrogens with one attached hydrogen (secondary N) is 2. The molecule has 1 aromatic carbocycles. The molecule has 18 heavy (non-hydrogen) atoms. The fourth-order valence-corrected chi connectivity index (χ4v) is 1.82. The smallest absolute Gasteiger partial charge is 0.412 e. The Morgan fingerprint density at radius 3 is 2.67 bits per heavy atom. The number of aromatic nitrogens is 1. The van der Waals surface area contributed by atoms with Gasteiger partial charge in [0.05, 0.1) is 11.2 Å². The summed E-state index contributed by atoms with van der Waals surface area (Å²) >= 11 is 0. The van der Waals surface area contributed by atoms with Gasteiger partial charge in [-0.05, 0) is 45.4 Å². The highest BCUT2D eigenvalue weighted by molar-refractivity contribution is 6.00. The van der Waals surface area contributed by atoms with Gasteiger partial charge in [-0.25, -0.2) is 4.79 Å². The number of carbonyl (C=O) groups excluding carboxylic acids is 1. The molecular formula is C14H18N2O2. The van der Waals surface area contributed by atoms with Crippen LogP contribution >= 0.6 is 0 Å². The van der Waals surface area contributed by atoms with Gasteiger partial charge < -0.3 is 9.72 Å². The number of hydrogen-bond donors (Lipinski definition) is 2. The summed E-state index contributed by atoms with van der Waals surface area (Å²) in [7, 11) is 0. The number of rotatable bonds is 1. The fourth-order valence-electron chi connectivity index (χ4n) is 1.82. The lowest BCUT2D eigenvalue weighted by atomic mass is 10.1. The molecule has 0 atom stereocenters. The molecule has 96 valence electrons. The first kappa shape index (κ1) is 12.5. The number of fused-ring (bicyclic) bond motifs is 1. The van der Waals surface area contributed by atoms with Gasteiger partial charge >= 0.3 is 6.09 Å². The van der Waals surface area contributed by atoms with Gasteiger partial charge in [-0.15, -0.1) is 0 Å². The van der Waals surface area contributed by atoms with Crippen molar-refractivity contribution in [2.75, 3.05) is 5.32 Å². The fraction of sp³-hybridized carbons (Fsp3) is 0.357. The van der Waals surface area contributed by atoms with E-state index in [1.165, 1.54) is 0 Å². The van der Waals surface area contributed by atoms with E-state index in [1.54, 1.807) is 0 Å². The van der Waals surface area contributed by atoms with Crippen molar-refractivity contribution in [1.82, 2.24) is 4.98 Å². The average Bonchev–Trinajstić information content (AvgIpc) is 2.69. The van der Waals surface area contributed by atoms with Crippen LogP contribution in [0.15, 0.2) is 24.4 Å². The van der Waals surface area contributed by atoms with Gasteiger partial charge in [0, 0.05) is 11.6 Å². The average molecular weight is 246 g/mol. The molecule has 0 aliphatic carbocycles. The summed E-state index contributed by atoms with van der Waals surface area (Å²) in [6, 6.07) is 5.79. The lowest BCUT2D eigenvalue weighted by Gasteiger charge is -2.20. The molecule has 0 aliphatic rings. The number of anilines is 1. The second-order valence-electron chi connectivity index (χ2n) is 5.32. The molecule has 2 aromatic rings. The molecule has 0 saturated carbocycles. The first-order chi connectivity index (χ1) is 8.37. The Hall–Kier alpha value is -1.97. The summed E-state index contributed by atoms with van der Waals surface area (Å²) in [6.07, 6.45) is 1.42. The molecular weight excluding hydrogens is 228 g/mol. The van der Waals surface area contributed by atoms with Crippen molar-refractivity contribution >= 4 is 22.7 Å². The third-order valence-electron chi connectivity index (χ3n) is 2.57. The summed E-state index contributed by atoms with van der Waals surface area (Å²) < 4.78 is 5.24. The quantitative estimate of drug-likeness (QED) is 0.803. The van der Waals surface area contributed by atoms with E-state index in [2.05, 4.69) is 10.3 Å². The number of amides is 1. The summed E-state index contributed by atoms with van der Waals surface area (Å²) in [5.41, 5.74) is 2.44. The predicted octanol–water partition coefficient (Wildman–Crippen LogP) is 3.82. The van der Waals surface area contributed by atoms with Crippen molar-refractivity contribution in [1.29, 1.82) is 0 Å². The van der Waals surface area contributed by atoms with Crippen LogP contribution in [-0.2, 0) is 4.74 Å². The SMILES string of the molecule is Cc1ccc(NC(=O)OC(C)(C)C)c2cc[nH]c12. The number of aromatic amines is 1. The minimum atomic E-state index is -0.494. The number of carbonyl (C=O) groups is 1. The van der Waals surface area contributed by atoms with Gasteiger partial charge in [-0.2, -0.15) is 0 Å². The molecule has 0 spiro atoms. The normalized spacial score (nSPS) is 11.6. The van der Waals surface area contributed by atoms with Gasteiger partial charge in [0.15, 0.2) is 0 Å². The summed E-state index contributed by atoms with van der Waals surface area (Å²) in [5.74, 6) is 0. The third kappa shape index (κ3) is 2.64. The standard InChI is InChI=1S/C14H18N2O2/c1-9-5-6-11(10-7-8-15-12(9)10)16-13(17)18-14(2,3)4/h5-8,15H,1-4H3,(H,16,17). The molecule has 0 saturated heterocycles. The topological polar surface area (TPSA) is 54.1 Å². The highest BCUT2D eigenvalue weighted by Gasteiger charge is 2.17. The number of H-pyrrole nitrogens is 1. The first-order valence-corrected chi connectivity index (χ1v) is 5.93. The molecule has 1 amide bonds. The molecule has 2 rings (SSSR count). The number of ether oxygens (including phenoxy) is 1. The highest BCUT2D eigenvalue weighted by Crippen LogP contribution is 2.25. The maximum atomic E-state index is 11.7. The first-order valence-electron chi connectivity index (χ1n) is 5.93. The van der Waals surface area contributed by atoms with Gasteiger partial charge in [-0.1, -0.05) is 6.07 Å². The Kier molecular flexibility index (Phi) is 3.03. The molecule has 1 aromatic heterocycles. The van der Waals surface area contributed by atoms with Crippen LogP contribution < -0.4 is 5.32 Å². The Morgan fingerprint density at radius 1 is 1.28 bits per heavy atom. The Bertz CT molecular complexity index is 579. The van der Waals surface area contributed by atoms with E-state index in [0.29, 0.717) is 0 Å². The third-order valence-corrected chi connectivity index (χ3v) is 2.57. The van der Waals surface area contributed by atoms with Crippen molar-refractivity contribution in [3.8, 4) is 0 Å². The van der Waals surface area contributed by atoms with Crippen LogP contribution in [0.2, 0.25) is 0 Å².